The summed E-state index contributed by atoms with van der Waals surface area (Å²) in [5.41, 5.74) is 5.52. The molecule has 2 heteroatoms. The maximum Gasteiger partial charge on any atom is 0.0787 e. The molecule has 6 unspecified atom stereocenters. The van der Waals surface area contributed by atoms with E-state index >= 15 is 0 Å². The van der Waals surface area contributed by atoms with Gasteiger partial charge in [-0.2, -0.15) is 0 Å². The minimum atomic E-state index is -0.345. The fraction of sp³-hybridized carbons (Fsp3) is 0.704. The van der Waals surface area contributed by atoms with Gasteiger partial charge in [-0.15, -0.1) is 0 Å². The minimum Gasteiger partial charge on any atom is -0.388 e. The summed E-state index contributed by atoms with van der Waals surface area (Å²) in [6.07, 6.45) is 19.3. The summed E-state index contributed by atoms with van der Waals surface area (Å²) in [6.45, 7) is 8.84. The summed E-state index contributed by atoms with van der Waals surface area (Å²) in [6, 6.07) is 0. The second-order valence-corrected chi connectivity index (χ2v) is 10.5. The molecule has 4 fully saturated rings. The average Bonchev–Trinajstić information content (AvgIpc) is 3.21. The van der Waals surface area contributed by atoms with Gasteiger partial charge in [-0.1, -0.05) is 44.2 Å². The second kappa shape index (κ2) is 8.55. The SMILES string of the molecule is C=C1/C(=C\C=C2/CCCC3(C)C(C/C=C4\CCC(C)C4O)CCC23)CCCC1O. The summed E-state index contributed by atoms with van der Waals surface area (Å²) in [4.78, 5) is 0. The fourth-order valence-electron chi connectivity index (χ4n) is 6.75. The van der Waals surface area contributed by atoms with Gasteiger partial charge < -0.3 is 10.2 Å². The first-order chi connectivity index (χ1) is 13.9. The Bertz CT molecular complexity index is 727. The zero-order chi connectivity index (χ0) is 20.6. The van der Waals surface area contributed by atoms with E-state index in [1.54, 1.807) is 5.57 Å². The van der Waals surface area contributed by atoms with Gasteiger partial charge in [-0.25, -0.2) is 0 Å². The van der Waals surface area contributed by atoms with Gasteiger partial charge in [-0.3, -0.25) is 0 Å². The number of aliphatic hydroxyl groups excluding tert-OH is 2. The third-order valence-electron chi connectivity index (χ3n) is 8.87. The van der Waals surface area contributed by atoms with Crippen LogP contribution in [-0.4, -0.2) is 22.4 Å². The predicted octanol–water partition coefficient (Wildman–Crippen LogP) is 6.26. The van der Waals surface area contributed by atoms with Gasteiger partial charge in [0.1, 0.15) is 0 Å². The van der Waals surface area contributed by atoms with E-state index in [0.29, 0.717) is 17.3 Å². The molecule has 0 aliphatic heterocycles. The molecule has 2 nitrogen and oxygen atoms in total. The molecule has 0 heterocycles. The lowest BCUT2D eigenvalue weighted by atomic mass is 9.63. The van der Waals surface area contributed by atoms with Crippen LogP contribution in [0.5, 0.6) is 0 Å². The van der Waals surface area contributed by atoms with E-state index in [1.165, 1.54) is 43.3 Å². The van der Waals surface area contributed by atoms with Gasteiger partial charge in [-0.05, 0) is 111 Å². The summed E-state index contributed by atoms with van der Waals surface area (Å²) in [5.74, 6) is 1.87. The maximum absolute atomic E-state index is 10.4. The molecule has 0 spiro atoms. The first-order valence-corrected chi connectivity index (χ1v) is 12.0. The minimum absolute atomic E-state index is 0.201. The van der Waals surface area contributed by atoms with Gasteiger partial charge >= 0.3 is 0 Å². The highest BCUT2D eigenvalue weighted by Crippen LogP contribution is 2.58. The molecule has 29 heavy (non-hydrogen) atoms. The Hall–Kier alpha value is -1.12. The van der Waals surface area contributed by atoms with Crippen molar-refractivity contribution in [3.05, 3.63) is 47.1 Å². The molecule has 4 rings (SSSR count). The van der Waals surface area contributed by atoms with Crippen LogP contribution in [-0.2, 0) is 0 Å². The molecule has 0 aromatic carbocycles. The van der Waals surface area contributed by atoms with E-state index in [-0.39, 0.29) is 12.2 Å². The Kier molecular flexibility index (Phi) is 6.23. The number of hydrogen-bond acceptors (Lipinski definition) is 2. The normalized spacial score (nSPS) is 44.8. The van der Waals surface area contributed by atoms with Crippen LogP contribution in [0.25, 0.3) is 0 Å². The van der Waals surface area contributed by atoms with E-state index in [4.69, 9.17) is 0 Å². The van der Waals surface area contributed by atoms with Crippen LogP contribution in [0.1, 0.15) is 84.5 Å². The molecular formula is C27H40O2. The van der Waals surface area contributed by atoms with Gasteiger partial charge in [0.2, 0.25) is 0 Å². The van der Waals surface area contributed by atoms with E-state index in [2.05, 4.69) is 38.7 Å². The monoisotopic (exact) mass is 396 g/mol. The first-order valence-electron chi connectivity index (χ1n) is 12.0. The van der Waals surface area contributed by atoms with E-state index in [9.17, 15) is 10.2 Å². The average molecular weight is 397 g/mol. The summed E-state index contributed by atoms with van der Waals surface area (Å²) < 4.78 is 0. The first kappa shape index (κ1) is 21.1. The van der Waals surface area contributed by atoms with Crippen molar-refractivity contribution in [3.8, 4) is 0 Å². The van der Waals surface area contributed by atoms with Crippen molar-refractivity contribution in [2.75, 3.05) is 0 Å². The zero-order valence-electron chi connectivity index (χ0n) is 18.5. The lowest BCUT2D eigenvalue weighted by Gasteiger charge is -2.42. The Morgan fingerprint density at radius 2 is 1.83 bits per heavy atom. The Balaban J connectivity index is 1.48. The van der Waals surface area contributed by atoms with Crippen LogP contribution in [0.2, 0.25) is 0 Å². The Morgan fingerprint density at radius 3 is 2.59 bits per heavy atom. The van der Waals surface area contributed by atoms with Crippen LogP contribution in [0.3, 0.4) is 0 Å². The molecule has 4 aliphatic rings. The molecule has 0 radical (unpaired) electrons. The molecule has 160 valence electrons. The van der Waals surface area contributed by atoms with E-state index < -0.39 is 0 Å². The summed E-state index contributed by atoms with van der Waals surface area (Å²) in [7, 11) is 0. The number of allylic oxidation sites excluding steroid dienone is 4. The predicted molar refractivity (Wildman–Crippen MR) is 120 cm³/mol. The quantitative estimate of drug-likeness (QED) is 0.552. The third kappa shape index (κ3) is 4.08. The van der Waals surface area contributed by atoms with Gasteiger partial charge in [0, 0.05) is 0 Å². The van der Waals surface area contributed by atoms with Gasteiger partial charge in [0.05, 0.1) is 12.2 Å². The molecule has 0 bridgehead atoms. The third-order valence-corrected chi connectivity index (χ3v) is 8.87. The molecule has 6 atom stereocenters. The number of rotatable bonds is 3. The lowest BCUT2D eigenvalue weighted by Crippen LogP contribution is -2.33. The smallest absolute Gasteiger partial charge is 0.0787 e. The van der Waals surface area contributed by atoms with Crippen molar-refractivity contribution in [3.63, 3.8) is 0 Å². The number of aliphatic hydroxyl groups is 2. The van der Waals surface area contributed by atoms with Crippen molar-refractivity contribution >= 4 is 0 Å². The van der Waals surface area contributed by atoms with Gasteiger partial charge in [0.15, 0.2) is 0 Å². The topological polar surface area (TPSA) is 40.5 Å². The number of fused-ring (bicyclic) bond motifs is 1. The molecule has 2 N–H and O–H groups in total. The standard InChI is InChI=1S/C27H40O2/c1-18-9-10-22(26(18)29)13-14-23-15-16-24-21(7-5-17-27(23,24)3)12-11-20-6-4-8-25(28)19(20)2/h11-13,18,23-26,28-29H,2,4-10,14-17H2,1,3H3/b20-11-,21-12+,22-13+. The molecule has 0 aromatic heterocycles. The highest BCUT2D eigenvalue weighted by Gasteiger charge is 2.48. The van der Waals surface area contributed by atoms with Crippen molar-refractivity contribution in [2.24, 2.45) is 23.2 Å². The van der Waals surface area contributed by atoms with Crippen LogP contribution < -0.4 is 0 Å². The Labute approximate surface area is 177 Å². The molecule has 4 saturated carbocycles. The van der Waals surface area contributed by atoms with Crippen LogP contribution in [0, 0.1) is 23.2 Å². The zero-order valence-corrected chi connectivity index (χ0v) is 18.5. The summed E-state index contributed by atoms with van der Waals surface area (Å²) >= 11 is 0. The van der Waals surface area contributed by atoms with Crippen LogP contribution in [0.4, 0.5) is 0 Å². The number of hydrogen-bond donors (Lipinski definition) is 2. The molecular weight excluding hydrogens is 356 g/mol. The maximum atomic E-state index is 10.4. The molecule has 0 aromatic rings. The molecule has 0 amide bonds. The summed E-state index contributed by atoms with van der Waals surface area (Å²) in [5, 5.41) is 20.5. The lowest BCUT2D eigenvalue weighted by molar-refractivity contribution is 0.136. The molecule has 0 saturated heterocycles. The highest BCUT2D eigenvalue weighted by atomic mass is 16.3. The second-order valence-electron chi connectivity index (χ2n) is 10.5. The van der Waals surface area contributed by atoms with Crippen LogP contribution in [0.15, 0.2) is 47.1 Å². The highest BCUT2D eigenvalue weighted by molar-refractivity contribution is 5.37. The largest absolute Gasteiger partial charge is 0.388 e. The van der Waals surface area contributed by atoms with Crippen molar-refractivity contribution in [1.29, 1.82) is 0 Å². The van der Waals surface area contributed by atoms with E-state index in [0.717, 1.165) is 50.0 Å². The van der Waals surface area contributed by atoms with Crippen LogP contribution >= 0.6 is 0 Å². The Morgan fingerprint density at radius 1 is 1.00 bits per heavy atom. The van der Waals surface area contributed by atoms with Gasteiger partial charge in [0.25, 0.3) is 0 Å². The fourth-order valence-corrected chi connectivity index (χ4v) is 6.75. The van der Waals surface area contributed by atoms with Crippen molar-refractivity contribution < 1.29 is 10.2 Å². The van der Waals surface area contributed by atoms with E-state index in [1.807, 2.05) is 0 Å². The van der Waals surface area contributed by atoms with Crippen molar-refractivity contribution in [2.45, 2.75) is 96.7 Å². The molecule has 4 aliphatic carbocycles. The van der Waals surface area contributed by atoms with Crippen molar-refractivity contribution in [1.82, 2.24) is 0 Å².